The summed E-state index contributed by atoms with van der Waals surface area (Å²) in [6.45, 7) is 8.62. The van der Waals surface area contributed by atoms with Crippen molar-refractivity contribution in [3.63, 3.8) is 0 Å². The van der Waals surface area contributed by atoms with E-state index in [0.717, 1.165) is 38.4 Å². The molecule has 0 aliphatic rings. The van der Waals surface area contributed by atoms with Crippen LogP contribution in [0.15, 0.2) is 81.5 Å². The van der Waals surface area contributed by atoms with Gasteiger partial charge in [0.2, 0.25) is 0 Å². The molecular weight excluding hydrogens is 562 g/mol. The third kappa shape index (κ3) is 6.71. The van der Waals surface area contributed by atoms with Crippen LogP contribution in [0, 0.1) is 6.92 Å². The highest BCUT2D eigenvalue weighted by atomic mass is 79.9. The third-order valence-corrected chi connectivity index (χ3v) is 7.39. The minimum Gasteiger partial charge on any atom is -0.496 e. The van der Waals surface area contributed by atoms with Gasteiger partial charge in [0.05, 0.1) is 23.5 Å². The van der Waals surface area contributed by atoms with Gasteiger partial charge in [-0.15, -0.1) is 10.2 Å². The molecule has 1 amide bonds. The van der Waals surface area contributed by atoms with Gasteiger partial charge in [-0.2, -0.15) is 5.10 Å². The largest absolute Gasteiger partial charge is 0.496 e. The summed E-state index contributed by atoms with van der Waals surface area (Å²) in [4.78, 5) is 12.5. The lowest BCUT2D eigenvalue weighted by Crippen LogP contribution is -2.20. The topological polar surface area (TPSA) is 81.4 Å². The summed E-state index contributed by atoms with van der Waals surface area (Å²) < 4.78 is 8.03. The quantitative estimate of drug-likeness (QED) is 0.143. The number of methoxy groups -OCH3 is 1. The molecule has 9 heteroatoms. The van der Waals surface area contributed by atoms with Gasteiger partial charge in [0, 0.05) is 11.3 Å². The van der Waals surface area contributed by atoms with E-state index in [1.807, 2.05) is 41.8 Å². The van der Waals surface area contributed by atoms with E-state index in [1.165, 1.54) is 17.3 Å². The fraction of sp³-hybridized carbons (Fsp3) is 0.241. The molecule has 0 aliphatic carbocycles. The maximum atomic E-state index is 12.5. The molecule has 1 N–H and O–H groups in total. The van der Waals surface area contributed by atoms with Gasteiger partial charge in [-0.1, -0.05) is 74.5 Å². The van der Waals surface area contributed by atoms with Crippen LogP contribution in [0.4, 0.5) is 0 Å². The van der Waals surface area contributed by atoms with Crippen molar-refractivity contribution in [1.29, 1.82) is 0 Å². The number of aromatic nitrogens is 3. The second kappa shape index (κ2) is 12.0. The molecule has 0 saturated carbocycles. The Morgan fingerprint density at radius 2 is 1.79 bits per heavy atom. The maximum absolute atomic E-state index is 12.5. The molecule has 0 fully saturated rings. The Bertz CT molecular complexity index is 1440. The summed E-state index contributed by atoms with van der Waals surface area (Å²) in [5.41, 5.74) is 7.76. The Labute approximate surface area is 235 Å². The van der Waals surface area contributed by atoms with Crippen molar-refractivity contribution in [2.24, 2.45) is 5.10 Å². The second-order valence-corrected chi connectivity index (χ2v) is 11.6. The van der Waals surface area contributed by atoms with E-state index in [0.29, 0.717) is 5.16 Å². The van der Waals surface area contributed by atoms with Gasteiger partial charge in [0.25, 0.3) is 5.91 Å². The summed E-state index contributed by atoms with van der Waals surface area (Å²) in [7, 11) is 1.61. The molecule has 7 nitrogen and oxygen atoms in total. The van der Waals surface area contributed by atoms with Crippen molar-refractivity contribution in [2.75, 3.05) is 12.9 Å². The lowest BCUT2D eigenvalue weighted by Gasteiger charge is -2.19. The first-order valence-corrected chi connectivity index (χ1v) is 13.8. The van der Waals surface area contributed by atoms with Gasteiger partial charge in [0.15, 0.2) is 11.0 Å². The summed E-state index contributed by atoms with van der Waals surface area (Å²) >= 11 is 4.76. The molecule has 0 unspecified atom stereocenters. The number of rotatable bonds is 8. The molecule has 0 bridgehead atoms. The van der Waals surface area contributed by atoms with E-state index >= 15 is 0 Å². The molecule has 3 aromatic carbocycles. The van der Waals surface area contributed by atoms with Gasteiger partial charge in [0.1, 0.15) is 5.75 Å². The number of ether oxygens (including phenoxy) is 1. The average molecular weight is 593 g/mol. The molecular formula is C29H30BrN5O2S. The van der Waals surface area contributed by atoms with Crippen LogP contribution in [0.2, 0.25) is 0 Å². The fourth-order valence-corrected chi connectivity index (χ4v) is 5.00. The highest BCUT2D eigenvalue weighted by Gasteiger charge is 2.19. The van der Waals surface area contributed by atoms with Crippen molar-refractivity contribution in [3.05, 3.63) is 87.9 Å². The summed E-state index contributed by atoms with van der Waals surface area (Å²) in [6.07, 6.45) is 1.58. The summed E-state index contributed by atoms with van der Waals surface area (Å²) in [6, 6.07) is 22.1. The van der Waals surface area contributed by atoms with Crippen LogP contribution >= 0.6 is 27.7 Å². The van der Waals surface area contributed by atoms with Crippen LogP contribution in [0.3, 0.4) is 0 Å². The zero-order chi connectivity index (χ0) is 27.3. The van der Waals surface area contributed by atoms with E-state index in [4.69, 9.17) is 4.74 Å². The smallest absolute Gasteiger partial charge is 0.250 e. The number of hydrazone groups is 1. The molecule has 0 atom stereocenters. The number of amides is 1. The van der Waals surface area contributed by atoms with Gasteiger partial charge in [-0.3, -0.25) is 9.36 Å². The molecule has 0 spiro atoms. The number of thioether (sulfide) groups is 1. The molecule has 0 aliphatic heterocycles. The number of benzene rings is 3. The van der Waals surface area contributed by atoms with Crippen LogP contribution in [0.5, 0.6) is 5.75 Å². The first-order chi connectivity index (χ1) is 18.2. The van der Waals surface area contributed by atoms with E-state index in [1.54, 1.807) is 13.3 Å². The van der Waals surface area contributed by atoms with Crippen molar-refractivity contribution < 1.29 is 9.53 Å². The first-order valence-electron chi connectivity index (χ1n) is 12.1. The highest BCUT2D eigenvalue weighted by Crippen LogP contribution is 2.30. The number of nitrogens with zero attached hydrogens (tertiary/aromatic N) is 4. The predicted octanol–water partition coefficient (Wildman–Crippen LogP) is 6.55. The SMILES string of the molecule is COc1ccc(C=NNC(=O)CSc2nnc(-c3ccc(C(C)(C)C)cc3)n2-c2ccc(C)cc2)cc1Br. The van der Waals surface area contributed by atoms with E-state index < -0.39 is 0 Å². The Hall–Kier alpha value is -3.43. The fourth-order valence-electron chi connectivity index (χ4n) is 3.70. The Morgan fingerprint density at radius 1 is 1.08 bits per heavy atom. The van der Waals surface area contributed by atoms with Crippen LogP contribution in [0.25, 0.3) is 17.1 Å². The number of halogens is 1. The molecule has 4 aromatic rings. The van der Waals surface area contributed by atoms with Crippen molar-refractivity contribution >= 4 is 39.8 Å². The number of carbonyl (C=O) groups excluding carboxylic acids is 1. The molecule has 1 aromatic heterocycles. The maximum Gasteiger partial charge on any atom is 0.250 e. The first kappa shape index (κ1) is 27.6. The number of hydrogen-bond donors (Lipinski definition) is 1. The Balaban J connectivity index is 1.51. The molecule has 4 rings (SSSR count). The minimum absolute atomic E-state index is 0.0594. The van der Waals surface area contributed by atoms with Crippen LogP contribution in [0.1, 0.15) is 37.5 Å². The van der Waals surface area contributed by atoms with E-state index in [2.05, 4.69) is 93.8 Å². The summed E-state index contributed by atoms with van der Waals surface area (Å²) in [5, 5.41) is 13.6. The van der Waals surface area contributed by atoms with E-state index in [-0.39, 0.29) is 17.1 Å². The lowest BCUT2D eigenvalue weighted by molar-refractivity contribution is -0.118. The van der Waals surface area contributed by atoms with Crippen LogP contribution in [-0.2, 0) is 10.2 Å². The van der Waals surface area contributed by atoms with E-state index in [9.17, 15) is 4.79 Å². The number of aryl methyl sites for hydroxylation is 1. The second-order valence-electron chi connectivity index (χ2n) is 9.78. The third-order valence-electron chi connectivity index (χ3n) is 5.85. The Kier molecular flexibility index (Phi) is 8.69. The molecule has 38 heavy (non-hydrogen) atoms. The normalized spacial score (nSPS) is 11.6. The minimum atomic E-state index is -0.242. The van der Waals surface area contributed by atoms with Gasteiger partial charge >= 0.3 is 0 Å². The molecule has 1 heterocycles. The Morgan fingerprint density at radius 3 is 2.42 bits per heavy atom. The van der Waals surface area contributed by atoms with Crippen molar-refractivity contribution in [2.45, 2.75) is 38.3 Å². The monoisotopic (exact) mass is 591 g/mol. The molecule has 196 valence electrons. The zero-order valence-corrected chi connectivity index (χ0v) is 24.4. The van der Waals surface area contributed by atoms with Gasteiger partial charge in [-0.25, -0.2) is 5.43 Å². The lowest BCUT2D eigenvalue weighted by atomic mass is 9.87. The number of hydrogen-bond acceptors (Lipinski definition) is 6. The number of carbonyl (C=O) groups is 1. The van der Waals surface area contributed by atoms with Crippen LogP contribution in [-0.4, -0.2) is 39.7 Å². The van der Waals surface area contributed by atoms with Crippen molar-refractivity contribution in [3.8, 4) is 22.8 Å². The molecule has 0 radical (unpaired) electrons. The predicted molar refractivity (Wildman–Crippen MR) is 157 cm³/mol. The molecule has 0 saturated heterocycles. The number of nitrogens with one attached hydrogen (secondary N) is 1. The zero-order valence-electron chi connectivity index (χ0n) is 22.0. The highest BCUT2D eigenvalue weighted by molar-refractivity contribution is 9.10. The average Bonchev–Trinajstić information content (AvgIpc) is 3.31. The van der Waals surface area contributed by atoms with Crippen LogP contribution < -0.4 is 10.2 Å². The van der Waals surface area contributed by atoms with Gasteiger partial charge < -0.3 is 4.74 Å². The van der Waals surface area contributed by atoms with Crippen molar-refractivity contribution in [1.82, 2.24) is 20.2 Å². The standard InChI is InChI=1S/C29H30BrN5O2S/c1-19-6-13-23(14-7-19)35-27(21-9-11-22(12-10-21)29(2,3)4)33-34-28(35)38-18-26(36)32-31-17-20-8-15-25(37-5)24(30)16-20/h6-17H,18H2,1-5H3,(H,32,36). The van der Waals surface area contributed by atoms with Gasteiger partial charge in [-0.05, 0) is 69.7 Å². The summed E-state index contributed by atoms with van der Waals surface area (Å²) in [5.74, 6) is 1.34.